The molecule has 1 spiro atoms. The first-order valence-electron chi connectivity index (χ1n) is 24.1. The Hall–Kier alpha value is -7.42. The SMILES string of the molecule is Cc1ccc(C2c3ccccc3-c3ccc(N(c4ccc5c(c4)Cc4ccccc4-5)c4cccc5c4C46c7c(cccc7N(c7ccccc7)c7ccccc7)CC4CCC6C5)cc32)cc1. The molecule has 5 aliphatic rings. The lowest BCUT2D eigenvalue weighted by molar-refractivity contribution is 0.350. The molecule has 316 valence electrons. The van der Waals surface area contributed by atoms with Crippen LogP contribution in [0, 0.1) is 18.8 Å². The number of anilines is 6. The van der Waals surface area contributed by atoms with Gasteiger partial charge < -0.3 is 9.80 Å². The van der Waals surface area contributed by atoms with Crippen LogP contribution in [0.4, 0.5) is 34.1 Å². The van der Waals surface area contributed by atoms with Crippen molar-refractivity contribution in [3.8, 4) is 22.3 Å². The van der Waals surface area contributed by atoms with Crippen molar-refractivity contribution in [3.63, 3.8) is 0 Å². The van der Waals surface area contributed by atoms with Crippen molar-refractivity contribution in [2.24, 2.45) is 11.8 Å². The summed E-state index contributed by atoms with van der Waals surface area (Å²) in [4.78, 5) is 5.22. The summed E-state index contributed by atoms with van der Waals surface area (Å²) in [6.45, 7) is 2.19. The highest BCUT2D eigenvalue weighted by molar-refractivity contribution is 5.90. The van der Waals surface area contributed by atoms with Gasteiger partial charge in [0.1, 0.15) is 0 Å². The van der Waals surface area contributed by atoms with Crippen LogP contribution >= 0.6 is 0 Å². The van der Waals surface area contributed by atoms with Crippen LogP contribution in [-0.4, -0.2) is 0 Å². The van der Waals surface area contributed by atoms with E-state index in [9.17, 15) is 0 Å². The van der Waals surface area contributed by atoms with E-state index in [1.807, 2.05) is 0 Å². The fourth-order valence-electron chi connectivity index (χ4n) is 13.8. The fourth-order valence-corrected chi connectivity index (χ4v) is 13.8. The summed E-state index contributed by atoms with van der Waals surface area (Å²) in [6, 6.07) is 78.7. The Kier molecular flexibility index (Phi) is 8.35. The van der Waals surface area contributed by atoms with E-state index in [1.54, 1.807) is 11.1 Å². The monoisotopic (exact) mass is 846 g/mol. The lowest BCUT2D eigenvalue weighted by atomic mass is 9.68. The van der Waals surface area contributed by atoms with E-state index in [4.69, 9.17) is 0 Å². The molecular weight excluding hydrogens is 797 g/mol. The number of hydrogen-bond acceptors (Lipinski definition) is 2. The molecule has 0 N–H and O–H groups in total. The van der Waals surface area contributed by atoms with E-state index in [2.05, 4.69) is 223 Å². The lowest BCUT2D eigenvalue weighted by Crippen LogP contribution is -2.34. The second-order valence-electron chi connectivity index (χ2n) is 19.6. The highest BCUT2D eigenvalue weighted by atomic mass is 15.2. The highest BCUT2D eigenvalue weighted by Gasteiger charge is 2.62. The Morgan fingerprint density at radius 2 is 0.909 bits per heavy atom. The Bertz CT molecular complexity index is 3340. The van der Waals surface area contributed by atoms with Crippen molar-refractivity contribution >= 4 is 34.1 Å². The Balaban J connectivity index is 1.01. The van der Waals surface area contributed by atoms with E-state index in [0.717, 1.165) is 19.3 Å². The largest absolute Gasteiger partial charge is 0.310 e. The second-order valence-corrected chi connectivity index (χ2v) is 19.6. The standard InChI is InChI=1S/C64H50N2/c1-41-26-28-42(29-27-41)61-57-23-11-10-22-55(57)56-35-33-52(40-58(56)61)66(51-32-34-54-46(39-51)36-43-14-8-9-21-53(43)54)60-25-13-16-45-38-48-31-30-47-37-44-15-12-24-59(62(44)64(47,48)63(45)60)65(49-17-4-2-5-18-49)50-19-6-3-7-20-50/h2-29,32-35,39-40,47-48,61H,30-31,36-38H2,1H3. The minimum Gasteiger partial charge on any atom is -0.310 e. The molecule has 4 atom stereocenters. The number of hydrogen-bond donors (Lipinski definition) is 0. The zero-order valence-corrected chi connectivity index (χ0v) is 37.3. The molecule has 9 aromatic rings. The van der Waals surface area contributed by atoms with E-state index in [1.165, 1.54) is 114 Å². The molecule has 0 aromatic heterocycles. The quantitative estimate of drug-likeness (QED) is 0.158. The highest BCUT2D eigenvalue weighted by Crippen LogP contribution is 2.69. The molecule has 0 radical (unpaired) electrons. The third-order valence-corrected chi connectivity index (χ3v) is 16.3. The number of benzene rings is 9. The summed E-state index contributed by atoms with van der Waals surface area (Å²) in [5, 5.41) is 0. The van der Waals surface area contributed by atoms with Crippen molar-refractivity contribution in [3.05, 3.63) is 262 Å². The molecule has 14 rings (SSSR count). The maximum atomic E-state index is 2.68. The van der Waals surface area contributed by atoms with E-state index in [-0.39, 0.29) is 11.3 Å². The molecule has 0 bridgehead atoms. The molecule has 0 heterocycles. The molecule has 0 aliphatic heterocycles. The summed E-state index contributed by atoms with van der Waals surface area (Å²) in [5.74, 6) is 1.19. The van der Waals surface area contributed by atoms with Crippen LogP contribution in [0.1, 0.15) is 74.4 Å². The van der Waals surface area contributed by atoms with Crippen LogP contribution in [0.25, 0.3) is 22.3 Å². The first-order valence-corrected chi connectivity index (χ1v) is 24.1. The lowest BCUT2D eigenvalue weighted by Gasteiger charge is -2.40. The second kappa shape index (κ2) is 14.5. The van der Waals surface area contributed by atoms with Gasteiger partial charge in [-0.3, -0.25) is 0 Å². The fraction of sp³-hybridized carbons (Fsp3) is 0.156. The number of aryl methyl sites for hydroxylation is 1. The van der Waals surface area contributed by atoms with Crippen molar-refractivity contribution in [2.45, 2.75) is 50.4 Å². The van der Waals surface area contributed by atoms with Crippen LogP contribution in [0.2, 0.25) is 0 Å². The van der Waals surface area contributed by atoms with Crippen molar-refractivity contribution in [2.75, 3.05) is 9.80 Å². The van der Waals surface area contributed by atoms with Crippen molar-refractivity contribution in [1.29, 1.82) is 0 Å². The summed E-state index contributed by atoms with van der Waals surface area (Å²) in [7, 11) is 0. The normalized spacial score (nSPS) is 19.8. The molecule has 0 saturated heterocycles. The molecule has 9 aromatic carbocycles. The molecule has 1 saturated carbocycles. The average Bonchev–Trinajstić information content (AvgIpc) is 4.16. The zero-order valence-electron chi connectivity index (χ0n) is 37.3. The van der Waals surface area contributed by atoms with Crippen molar-refractivity contribution in [1.82, 2.24) is 0 Å². The number of rotatable bonds is 7. The summed E-state index contributed by atoms with van der Waals surface area (Å²) in [5.41, 5.74) is 27.1. The van der Waals surface area contributed by atoms with E-state index >= 15 is 0 Å². The topological polar surface area (TPSA) is 6.48 Å². The minimum atomic E-state index is -0.137. The Morgan fingerprint density at radius 3 is 1.58 bits per heavy atom. The smallest absolute Gasteiger partial charge is 0.0505 e. The van der Waals surface area contributed by atoms with Crippen LogP contribution in [0.5, 0.6) is 0 Å². The molecule has 5 aliphatic carbocycles. The van der Waals surface area contributed by atoms with Gasteiger partial charge in [-0.25, -0.2) is 0 Å². The van der Waals surface area contributed by atoms with Gasteiger partial charge >= 0.3 is 0 Å². The van der Waals surface area contributed by atoms with Gasteiger partial charge in [-0.15, -0.1) is 0 Å². The summed E-state index contributed by atoms with van der Waals surface area (Å²) < 4.78 is 0. The third-order valence-electron chi connectivity index (χ3n) is 16.3. The molecule has 66 heavy (non-hydrogen) atoms. The van der Waals surface area contributed by atoms with Crippen LogP contribution in [-0.2, 0) is 24.7 Å². The molecule has 4 unspecified atom stereocenters. The minimum absolute atomic E-state index is 0.137. The van der Waals surface area contributed by atoms with Gasteiger partial charge in [0.25, 0.3) is 0 Å². The molecule has 0 amide bonds. The van der Waals surface area contributed by atoms with E-state index in [0.29, 0.717) is 11.8 Å². The Labute approximate surface area is 388 Å². The number of nitrogens with zero attached hydrogens (tertiary/aromatic N) is 2. The van der Waals surface area contributed by atoms with Gasteiger partial charge in [0.05, 0.1) is 11.4 Å². The zero-order chi connectivity index (χ0) is 43.5. The van der Waals surface area contributed by atoms with Crippen molar-refractivity contribution < 1.29 is 0 Å². The first kappa shape index (κ1) is 37.9. The van der Waals surface area contributed by atoms with Gasteiger partial charge in [0.15, 0.2) is 0 Å². The van der Waals surface area contributed by atoms with Gasteiger partial charge in [0.2, 0.25) is 0 Å². The van der Waals surface area contributed by atoms with Gasteiger partial charge in [-0.05, 0) is 184 Å². The average molecular weight is 847 g/mol. The molecule has 1 fully saturated rings. The number of fused-ring (bicyclic) bond motifs is 8. The molecule has 2 heteroatoms. The molecule has 2 nitrogen and oxygen atoms in total. The maximum absolute atomic E-state index is 2.68. The van der Waals surface area contributed by atoms with Gasteiger partial charge in [-0.2, -0.15) is 0 Å². The predicted molar refractivity (Wildman–Crippen MR) is 272 cm³/mol. The predicted octanol–water partition coefficient (Wildman–Crippen LogP) is 16.1. The first-order chi connectivity index (χ1) is 32.6. The van der Waals surface area contributed by atoms with Gasteiger partial charge in [-0.1, -0.05) is 151 Å². The van der Waals surface area contributed by atoms with Gasteiger partial charge in [0, 0.05) is 34.1 Å². The Morgan fingerprint density at radius 1 is 0.394 bits per heavy atom. The van der Waals surface area contributed by atoms with Crippen LogP contribution in [0.3, 0.4) is 0 Å². The van der Waals surface area contributed by atoms with E-state index < -0.39 is 0 Å². The summed E-state index contributed by atoms with van der Waals surface area (Å²) in [6.07, 6.45) is 5.66. The van der Waals surface area contributed by atoms with Crippen LogP contribution in [0.15, 0.2) is 206 Å². The maximum Gasteiger partial charge on any atom is 0.0505 e. The number of para-hydroxylation sites is 2. The summed E-state index contributed by atoms with van der Waals surface area (Å²) >= 11 is 0. The van der Waals surface area contributed by atoms with Crippen LogP contribution < -0.4 is 9.80 Å². The third kappa shape index (κ3) is 5.42. The molecular formula is C64H50N2.